The standard InChI is InChI=1S/C16H24N4S/c1-19(11-12-4-2-3-5-12)15-14(10-17-13-6-7-13)20-8-9-21-16(20)18-15/h8-9,12-13,17H,2-7,10-11H2,1H3. The zero-order chi connectivity index (χ0) is 14.2. The highest BCUT2D eigenvalue weighted by Gasteiger charge is 2.24. The number of hydrogen-bond donors (Lipinski definition) is 1. The smallest absolute Gasteiger partial charge is 0.195 e. The maximum Gasteiger partial charge on any atom is 0.195 e. The molecule has 21 heavy (non-hydrogen) atoms. The Hall–Kier alpha value is -1.07. The van der Waals surface area contributed by atoms with E-state index >= 15 is 0 Å². The van der Waals surface area contributed by atoms with Crippen molar-refractivity contribution in [3.8, 4) is 0 Å². The van der Waals surface area contributed by atoms with Gasteiger partial charge >= 0.3 is 0 Å². The highest BCUT2D eigenvalue weighted by molar-refractivity contribution is 7.15. The Morgan fingerprint density at radius 2 is 2.14 bits per heavy atom. The van der Waals surface area contributed by atoms with Crippen LogP contribution in [0.5, 0.6) is 0 Å². The van der Waals surface area contributed by atoms with Crippen LogP contribution in [0.15, 0.2) is 11.6 Å². The molecule has 2 aliphatic carbocycles. The molecule has 2 fully saturated rings. The van der Waals surface area contributed by atoms with Crippen LogP contribution in [0.2, 0.25) is 0 Å². The largest absolute Gasteiger partial charge is 0.358 e. The van der Waals surface area contributed by atoms with Gasteiger partial charge in [0.25, 0.3) is 0 Å². The van der Waals surface area contributed by atoms with Gasteiger partial charge in [0.2, 0.25) is 0 Å². The molecule has 2 heterocycles. The minimum Gasteiger partial charge on any atom is -0.358 e. The average molecular weight is 304 g/mol. The van der Waals surface area contributed by atoms with Gasteiger partial charge in [0, 0.05) is 37.8 Å². The van der Waals surface area contributed by atoms with Crippen molar-refractivity contribution in [3.63, 3.8) is 0 Å². The van der Waals surface area contributed by atoms with E-state index in [9.17, 15) is 0 Å². The minimum absolute atomic E-state index is 0.738. The van der Waals surface area contributed by atoms with Crippen LogP contribution in [0.25, 0.3) is 4.96 Å². The van der Waals surface area contributed by atoms with E-state index in [1.807, 2.05) is 0 Å². The van der Waals surface area contributed by atoms with Gasteiger partial charge in [0.05, 0.1) is 5.69 Å². The molecule has 0 atom stereocenters. The lowest BCUT2D eigenvalue weighted by molar-refractivity contribution is 0.543. The van der Waals surface area contributed by atoms with E-state index in [0.29, 0.717) is 0 Å². The van der Waals surface area contributed by atoms with Crippen molar-refractivity contribution in [2.75, 3.05) is 18.5 Å². The first-order valence-electron chi connectivity index (χ1n) is 8.20. The van der Waals surface area contributed by atoms with Gasteiger partial charge in [-0.2, -0.15) is 0 Å². The van der Waals surface area contributed by atoms with E-state index < -0.39 is 0 Å². The van der Waals surface area contributed by atoms with Crippen LogP contribution in [0.4, 0.5) is 5.82 Å². The predicted octanol–water partition coefficient (Wildman–Crippen LogP) is 3.27. The maximum atomic E-state index is 4.88. The fourth-order valence-corrected chi connectivity index (χ4v) is 4.21. The fraction of sp³-hybridized carbons (Fsp3) is 0.688. The summed E-state index contributed by atoms with van der Waals surface area (Å²) in [7, 11) is 2.21. The number of aromatic nitrogens is 2. The van der Waals surface area contributed by atoms with E-state index in [-0.39, 0.29) is 0 Å². The second-order valence-corrected chi connectivity index (χ2v) is 7.50. The van der Waals surface area contributed by atoms with Crippen molar-refractivity contribution in [2.45, 2.75) is 51.1 Å². The number of imidazole rings is 1. The number of hydrogen-bond acceptors (Lipinski definition) is 4. The zero-order valence-electron chi connectivity index (χ0n) is 12.7. The molecule has 4 rings (SSSR count). The lowest BCUT2D eigenvalue weighted by Crippen LogP contribution is -2.26. The Morgan fingerprint density at radius 3 is 2.90 bits per heavy atom. The molecule has 2 saturated carbocycles. The number of thiazole rings is 1. The van der Waals surface area contributed by atoms with E-state index in [1.165, 1.54) is 50.0 Å². The van der Waals surface area contributed by atoms with Crippen LogP contribution < -0.4 is 10.2 Å². The fourth-order valence-electron chi connectivity index (χ4n) is 3.49. The Balaban J connectivity index is 1.56. The summed E-state index contributed by atoms with van der Waals surface area (Å²) in [6.45, 7) is 2.09. The molecular formula is C16H24N4S. The molecule has 2 aliphatic rings. The minimum atomic E-state index is 0.738. The van der Waals surface area contributed by atoms with Gasteiger partial charge in [0.1, 0.15) is 0 Å². The molecule has 0 spiro atoms. The first-order chi connectivity index (χ1) is 10.3. The lowest BCUT2D eigenvalue weighted by Gasteiger charge is -2.22. The van der Waals surface area contributed by atoms with Crippen molar-refractivity contribution in [2.24, 2.45) is 5.92 Å². The molecule has 0 aromatic carbocycles. The van der Waals surface area contributed by atoms with Gasteiger partial charge in [0.15, 0.2) is 10.8 Å². The molecule has 0 unspecified atom stereocenters. The molecule has 1 N–H and O–H groups in total. The van der Waals surface area contributed by atoms with E-state index in [0.717, 1.165) is 30.0 Å². The third-order valence-corrected chi connectivity index (χ3v) is 5.60. The SMILES string of the molecule is CN(CC1CCCC1)c1nc2sccn2c1CNC1CC1. The second-order valence-electron chi connectivity index (χ2n) is 6.62. The van der Waals surface area contributed by atoms with Gasteiger partial charge in [-0.25, -0.2) is 4.98 Å². The average Bonchev–Trinajstić information content (AvgIpc) is 2.90. The Bertz CT molecular complexity index is 607. The van der Waals surface area contributed by atoms with Crippen molar-refractivity contribution >= 4 is 22.1 Å². The maximum absolute atomic E-state index is 4.88. The second kappa shape index (κ2) is 5.61. The van der Waals surface area contributed by atoms with Crippen LogP contribution in [0.1, 0.15) is 44.2 Å². The van der Waals surface area contributed by atoms with E-state index in [4.69, 9.17) is 4.98 Å². The third kappa shape index (κ3) is 2.81. The zero-order valence-corrected chi connectivity index (χ0v) is 13.5. The topological polar surface area (TPSA) is 32.6 Å². The van der Waals surface area contributed by atoms with Crippen LogP contribution in [-0.2, 0) is 6.54 Å². The van der Waals surface area contributed by atoms with Crippen LogP contribution in [0.3, 0.4) is 0 Å². The molecular weight excluding hydrogens is 280 g/mol. The van der Waals surface area contributed by atoms with Gasteiger partial charge in [-0.15, -0.1) is 11.3 Å². The predicted molar refractivity (Wildman–Crippen MR) is 88.2 cm³/mol. The number of rotatable bonds is 6. The summed E-state index contributed by atoms with van der Waals surface area (Å²) < 4.78 is 2.26. The normalized spacial score (nSPS) is 19.7. The number of nitrogens with zero attached hydrogens (tertiary/aromatic N) is 3. The highest BCUT2D eigenvalue weighted by Crippen LogP contribution is 2.30. The van der Waals surface area contributed by atoms with E-state index in [1.54, 1.807) is 11.3 Å². The molecule has 5 heteroatoms. The highest BCUT2D eigenvalue weighted by atomic mass is 32.1. The third-order valence-electron chi connectivity index (χ3n) is 4.84. The van der Waals surface area contributed by atoms with Gasteiger partial charge in [-0.3, -0.25) is 4.40 Å². The first-order valence-corrected chi connectivity index (χ1v) is 9.08. The van der Waals surface area contributed by atoms with Gasteiger partial charge in [-0.05, 0) is 31.6 Å². The molecule has 0 saturated heterocycles. The summed E-state index contributed by atoms with van der Waals surface area (Å²) in [6, 6.07) is 0.738. The van der Waals surface area contributed by atoms with Crippen molar-refractivity contribution in [1.29, 1.82) is 0 Å². The summed E-state index contributed by atoms with van der Waals surface area (Å²) in [4.78, 5) is 8.39. The molecule has 2 aromatic rings. The molecule has 114 valence electrons. The lowest BCUT2D eigenvalue weighted by atomic mass is 10.1. The quantitative estimate of drug-likeness (QED) is 0.889. The molecule has 0 bridgehead atoms. The summed E-state index contributed by atoms with van der Waals surface area (Å²) >= 11 is 1.73. The number of anilines is 1. The Kier molecular flexibility index (Phi) is 3.63. The van der Waals surface area contributed by atoms with Crippen LogP contribution in [-0.4, -0.2) is 29.0 Å². The molecule has 2 aromatic heterocycles. The van der Waals surface area contributed by atoms with Crippen molar-refractivity contribution in [1.82, 2.24) is 14.7 Å². The number of nitrogens with one attached hydrogen (secondary N) is 1. The van der Waals surface area contributed by atoms with Crippen LogP contribution in [0, 0.1) is 5.92 Å². The van der Waals surface area contributed by atoms with Gasteiger partial charge < -0.3 is 10.2 Å². The van der Waals surface area contributed by atoms with Crippen LogP contribution >= 0.6 is 11.3 Å². The van der Waals surface area contributed by atoms with E-state index in [2.05, 4.69) is 33.2 Å². The van der Waals surface area contributed by atoms with Gasteiger partial charge in [-0.1, -0.05) is 12.8 Å². The molecule has 0 amide bonds. The summed E-state index contributed by atoms with van der Waals surface area (Å²) in [5.41, 5.74) is 1.33. The summed E-state index contributed by atoms with van der Waals surface area (Å²) in [6.07, 6.45) is 10.4. The number of fused-ring (bicyclic) bond motifs is 1. The summed E-state index contributed by atoms with van der Waals surface area (Å²) in [5, 5.41) is 5.78. The van der Waals surface area contributed by atoms with Crippen molar-refractivity contribution < 1.29 is 0 Å². The molecule has 0 aliphatic heterocycles. The monoisotopic (exact) mass is 304 g/mol. The van der Waals surface area contributed by atoms with Crippen molar-refractivity contribution in [3.05, 3.63) is 17.3 Å². The Morgan fingerprint density at radius 1 is 1.33 bits per heavy atom. The molecule has 0 radical (unpaired) electrons. The Labute approximate surface area is 130 Å². The first kappa shape index (κ1) is 13.6. The molecule has 4 nitrogen and oxygen atoms in total. The summed E-state index contributed by atoms with van der Waals surface area (Å²) in [5.74, 6) is 2.04.